The van der Waals surface area contributed by atoms with Crippen LogP contribution in [-0.2, 0) is 4.74 Å². The van der Waals surface area contributed by atoms with E-state index in [2.05, 4.69) is 18.3 Å². The molecule has 0 aromatic heterocycles. The molecule has 0 saturated heterocycles. The molecule has 90 valence electrons. The molecule has 1 aromatic carbocycles. The highest BCUT2D eigenvalue weighted by atomic mass is 35.5. The summed E-state index contributed by atoms with van der Waals surface area (Å²) in [4.78, 5) is 0. The van der Waals surface area contributed by atoms with Crippen molar-refractivity contribution in [3.8, 4) is 0 Å². The van der Waals surface area contributed by atoms with Gasteiger partial charge >= 0.3 is 0 Å². The second-order valence-corrected chi connectivity index (χ2v) is 4.30. The molecular formula is C13H20ClNO. The third-order valence-electron chi connectivity index (χ3n) is 2.60. The van der Waals surface area contributed by atoms with Crippen molar-refractivity contribution in [1.29, 1.82) is 0 Å². The molecular weight excluding hydrogens is 222 g/mol. The average Bonchev–Trinajstić information content (AvgIpc) is 2.29. The standard InChI is InChI=1S/C13H20ClNO/c1-11(15-9-5-6-10-16-2)12-7-3-4-8-13(12)14/h3-4,7-8,11,15H,5-6,9-10H2,1-2H3/t11-/m1/s1. The van der Waals surface area contributed by atoms with Crippen LogP contribution in [-0.4, -0.2) is 20.3 Å². The number of nitrogens with one attached hydrogen (secondary N) is 1. The van der Waals surface area contributed by atoms with Gasteiger partial charge in [0.2, 0.25) is 0 Å². The Labute approximate surface area is 103 Å². The van der Waals surface area contributed by atoms with Crippen LogP contribution in [0.1, 0.15) is 31.4 Å². The predicted octanol–water partition coefficient (Wildman–Crippen LogP) is 3.42. The van der Waals surface area contributed by atoms with Crippen molar-refractivity contribution in [1.82, 2.24) is 5.32 Å². The van der Waals surface area contributed by atoms with Crippen LogP contribution in [0.15, 0.2) is 24.3 Å². The lowest BCUT2D eigenvalue weighted by molar-refractivity contribution is 0.192. The molecule has 0 fully saturated rings. The van der Waals surface area contributed by atoms with Gasteiger partial charge in [0, 0.05) is 24.8 Å². The van der Waals surface area contributed by atoms with Crippen molar-refractivity contribution in [2.24, 2.45) is 0 Å². The molecule has 0 unspecified atom stereocenters. The monoisotopic (exact) mass is 241 g/mol. The van der Waals surface area contributed by atoms with E-state index in [-0.39, 0.29) is 0 Å². The molecule has 1 rings (SSSR count). The minimum absolute atomic E-state index is 0.302. The van der Waals surface area contributed by atoms with Crippen LogP contribution in [0.2, 0.25) is 5.02 Å². The van der Waals surface area contributed by atoms with E-state index in [4.69, 9.17) is 16.3 Å². The minimum atomic E-state index is 0.302. The molecule has 0 radical (unpaired) electrons. The molecule has 0 bridgehead atoms. The van der Waals surface area contributed by atoms with Crippen molar-refractivity contribution in [2.75, 3.05) is 20.3 Å². The van der Waals surface area contributed by atoms with E-state index in [1.165, 1.54) is 0 Å². The fourth-order valence-corrected chi connectivity index (χ4v) is 1.93. The summed E-state index contributed by atoms with van der Waals surface area (Å²) in [6.45, 7) is 3.97. The Kier molecular flexibility index (Phi) is 6.46. The molecule has 0 aliphatic rings. The van der Waals surface area contributed by atoms with Crippen LogP contribution in [0, 0.1) is 0 Å². The topological polar surface area (TPSA) is 21.3 Å². The van der Waals surface area contributed by atoms with Gasteiger partial charge in [0.1, 0.15) is 0 Å². The summed E-state index contributed by atoms with van der Waals surface area (Å²) in [5.74, 6) is 0. The zero-order chi connectivity index (χ0) is 11.8. The first-order chi connectivity index (χ1) is 7.75. The molecule has 16 heavy (non-hydrogen) atoms. The Balaban J connectivity index is 2.30. The van der Waals surface area contributed by atoms with Crippen LogP contribution in [0.25, 0.3) is 0 Å². The highest BCUT2D eigenvalue weighted by Crippen LogP contribution is 2.21. The van der Waals surface area contributed by atoms with Gasteiger partial charge in [-0.1, -0.05) is 29.8 Å². The first-order valence-electron chi connectivity index (χ1n) is 5.72. The summed E-state index contributed by atoms with van der Waals surface area (Å²) >= 11 is 6.12. The maximum absolute atomic E-state index is 6.12. The summed E-state index contributed by atoms with van der Waals surface area (Å²) in [6.07, 6.45) is 2.22. The van der Waals surface area contributed by atoms with E-state index in [1.54, 1.807) is 7.11 Å². The second kappa shape index (κ2) is 7.66. The van der Waals surface area contributed by atoms with Crippen molar-refractivity contribution in [2.45, 2.75) is 25.8 Å². The van der Waals surface area contributed by atoms with Crippen LogP contribution < -0.4 is 5.32 Å². The first kappa shape index (κ1) is 13.5. The van der Waals surface area contributed by atoms with Gasteiger partial charge in [-0.25, -0.2) is 0 Å². The number of ether oxygens (including phenoxy) is 1. The zero-order valence-corrected chi connectivity index (χ0v) is 10.8. The van der Waals surface area contributed by atoms with Gasteiger partial charge < -0.3 is 10.1 Å². The number of unbranched alkanes of at least 4 members (excludes halogenated alkanes) is 1. The maximum Gasteiger partial charge on any atom is 0.0462 e. The van der Waals surface area contributed by atoms with Crippen LogP contribution >= 0.6 is 11.6 Å². The van der Waals surface area contributed by atoms with Gasteiger partial charge in [-0.15, -0.1) is 0 Å². The van der Waals surface area contributed by atoms with Gasteiger partial charge in [-0.05, 0) is 37.9 Å². The summed E-state index contributed by atoms with van der Waals surface area (Å²) in [7, 11) is 1.74. The number of hydrogen-bond acceptors (Lipinski definition) is 2. The quantitative estimate of drug-likeness (QED) is 0.739. The molecule has 0 aliphatic carbocycles. The molecule has 2 nitrogen and oxygen atoms in total. The van der Waals surface area contributed by atoms with Crippen molar-refractivity contribution in [3.63, 3.8) is 0 Å². The molecule has 1 N–H and O–H groups in total. The fourth-order valence-electron chi connectivity index (χ4n) is 1.63. The van der Waals surface area contributed by atoms with E-state index < -0.39 is 0 Å². The van der Waals surface area contributed by atoms with Gasteiger partial charge in [-0.3, -0.25) is 0 Å². The fraction of sp³-hybridized carbons (Fsp3) is 0.538. The highest BCUT2D eigenvalue weighted by Gasteiger charge is 2.07. The summed E-state index contributed by atoms with van der Waals surface area (Å²) in [5, 5.41) is 4.29. The summed E-state index contributed by atoms with van der Waals surface area (Å²) < 4.78 is 5.00. The smallest absolute Gasteiger partial charge is 0.0462 e. The van der Waals surface area contributed by atoms with Gasteiger partial charge in [-0.2, -0.15) is 0 Å². The van der Waals surface area contributed by atoms with Crippen LogP contribution in [0.5, 0.6) is 0 Å². The predicted molar refractivity (Wildman–Crippen MR) is 69.0 cm³/mol. The largest absolute Gasteiger partial charge is 0.385 e. The lowest BCUT2D eigenvalue weighted by atomic mass is 10.1. The second-order valence-electron chi connectivity index (χ2n) is 3.90. The first-order valence-corrected chi connectivity index (χ1v) is 6.10. The molecule has 0 saturated carbocycles. The molecule has 0 spiro atoms. The number of rotatable bonds is 7. The number of benzene rings is 1. The molecule has 0 amide bonds. The van der Waals surface area contributed by atoms with Crippen molar-refractivity contribution < 1.29 is 4.74 Å². The van der Waals surface area contributed by atoms with Gasteiger partial charge in [0.25, 0.3) is 0 Å². The van der Waals surface area contributed by atoms with Crippen molar-refractivity contribution in [3.05, 3.63) is 34.9 Å². The van der Waals surface area contributed by atoms with Gasteiger partial charge in [0.15, 0.2) is 0 Å². The zero-order valence-electron chi connectivity index (χ0n) is 10.0. The Morgan fingerprint density at radius 2 is 2.06 bits per heavy atom. The normalized spacial score (nSPS) is 12.7. The minimum Gasteiger partial charge on any atom is -0.385 e. The lowest BCUT2D eigenvalue weighted by Gasteiger charge is -2.15. The van der Waals surface area contributed by atoms with E-state index in [0.717, 1.165) is 36.6 Å². The van der Waals surface area contributed by atoms with Crippen LogP contribution in [0.3, 0.4) is 0 Å². The third kappa shape index (κ3) is 4.52. The molecule has 3 heteroatoms. The lowest BCUT2D eigenvalue weighted by Crippen LogP contribution is -2.20. The Bertz CT molecular complexity index is 304. The maximum atomic E-state index is 6.12. The SMILES string of the molecule is COCCCCN[C@H](C)c1ccccc1Cl. The van der Waals surface area contributed by atoms with Crippen molar-refractivity contribution >= 4 is 11.6 Å². The molecule has 1 aromatic rings. The Morgan fingerprint density at radius 3 is 2.75 bits per heavy atom. The van der Waals surface area contributed by atoms with Gasteiger partial charge in [0.05, 0.1) is 0 Å². The third-order valence-corrected chi connectivity index (χ3v) is 2.94. The molecule has 1 atom stereocenters. The summed E-state index contributed by atoms with van der Waals surface area (Å²) in [6, 6.07) is 8.27. The van der Waals surface area contributed by atoms with E-state index >= 15 is 0 Å². The highest BCUT2D eigenvalue weighted by molar-refractivity contribution is 6.31. The summed E-state index contributed by atoms with van der Waals surface area (Å²) in [5.41, 5.74) is 1.16. The number of hydrogen-bond donors (Lipinski definition) is 1. The molecule has 0 aliphatic heterocycles. The Morgan fingerprint density at radius 1 is 1.31 bits per heavy atom. The van der Waals surface area contributed by atoms with E-state index in [9.17, 15) is 0 Å². The molecule has 0 heterocycles. The average molecular weight is 242 g/mol. The van der Waals surface area contributed by atoms with Crippen LogP contribution in [0.4, 0.5) is 0 Å². The van der Waals surface area contributed by atoms with E-state index in [1.807, 2.05) is 18.2 Å². The number of methoxy groups -OCH3 is 1. The number of halogens is 1. The Hall–Kier alpha value is -0.570. The van der Waals surface area contributed by atoms with E-state index in [0.29, 0.717) is 6.04 Å².